The van der Waals surface area contributed by atoms with Crippen molar-refractivity contribution in [2.24, 2.45) is 0 Å². The quantitative estimate of drug-likeness (QED) is 0.817. The third-order valence-electron chi connectivity index (χ3n) is 3.09. The van der Waals surface area contributed by atoms with Gasteiger partial charge >= 0.3 is 0 Å². The third-order valence-corrected chi connectivity index (χ3v) is 3.09. The Labute approximate surface area is 91.5 Å². The van der Waals surface area contributed by atoms with E-state index in [1.807, 2.05) is 12.3 Å². The van der Waals surface area contributed by atoms with Gasteiger partial charge in [-0.25, -0.2) is 4.98 Å². The molecule has 1 fully saturated rings. The summed E-state index contributed by atoms with van der Waals surface area (Å²) >= 11 is 0. The Hall–Kier alpha value is -1.09. The van der Waals surface area contributed by atoms with E-state index in [1.54, 1.807) is 0 Å². The summed E-state index contributed by atoms with van der Waals surface area (Å²) in [6.45, 7) is 4.28. The van der Waals surface area contributed by atoms with Gasteiger partial charge in [0.05, 0.1) is 0 Å². The first-order valence-electron chi connectivity index (χ1n) is 5.72. The highest BCUT2D eigenvalue weighted by Crippen LogP contribution is 2.28. The van der Waals surface area contributed by atoms with Crippen LogP contribution in [0.15, 0.2) is 18.3 Å². The van der Waals surface area contributed by atoms with E-state index in [-0.39, 0.29) is 0 Å². The molecule has 0 bridgehead atoms. The molecule has 0 unspecified atom stereocenters. The zero-order valence-corrected chi connectivity index (χ0v) is 9.53. The van der Waals surface area contributed by atoms with Crippen molar-refractivity contribution >= 4 is 5.82 Å². The molecule has 1 aliphatic heterocycles. The lowest BCUT2D eigenvalue weighted by molar-refractivity contribution is 0.642. The van der Waals surface area contributed by atoms with Gasteiger partial charge in [-0.2, -0.15) is 0 Å². The molecule has 2 heterocycles. The molecule has 0 amide bonds. The van der Waals surface area contributed by atoms with E-state index >= 15 is 0 Å². The van der Waals surface area contributed by atoms with Gasteiger partial charge < -0.3 is 10.2 Å². The van der Waals surface area contributed by atoms with Crippen molar-refractivity contribution in [1.29, 1.82) is 0 Å². The number of hydrogen-bond donors (Lipinski definition) is 1. The van der Waals surface area contributed by atoms with Gasteiger partial charge in [-0.3, -0.25) is 0 Å². The van der Waals surface area contributed by atoms with Gasteiger partial charge in [-0.15, -0.1) is 0 Å². The third kappa shape index (κ3) is 2.12. The second-order valence-corrected chi connectivity index (χ2v) is 4.08. The monoisotopic (exact) mass is 205 g/mol. The summed E-state index contributed by atoms with van der Waals surface area (Å²) in [6, 6.07) is 4.72. The smallest absolute Gasteiger partial charge is 0.133 e. The Balaban J connectivity index is 2.28. The lowest BCUT2D eigenvalue weighted by Gasteiger charge is -2.22. The maximum absolute atomic E-state index is 4.48. The van der Waals surface area contributed by atoms with Crippen molar-refractivity contribution in [2.75, 3.05) is 25.0 Å². The van der Waals surface area contributed by atoms with E-state index in [9.17, 15) is 0 Å². The first-order chi connectivity index (χ1) is 7.33. The van der Waals surface area contributed by atoms with Gasteiger partial charge in [0.2, 0.25) is 0 Å². The number of nitrogens with one attached hydrogen (secondary N) is 1. The van der Waals surface area contributed by atoms with Crippen molar-refractivity contribution in [3.63, 3.8) is 0 Å². The SMILES string of the molecule is CCN(C)c1ncccc1[C@@H]1CCCN1. The highest BCUT2D eigenvalue weighted by molar-refractivity contribution is 5.47. The second-order valence-electron chi connectivity index (χ2n) is 4.08. The molecule has 1 atom stereocenters. The predicted octanol–water partition coefficient (Wildman–Crippen LogP) is 1.96. The maximum atomic E-state index is 4.48. The van der Waals surface area contributed by atoms with Crippen LogP contribution in [0.25, 0.3) is 0 Å². The van der Waals surface area contributed by atoms with Crippen LogP contribution in [0.1, 0.15) is 31.4 Å². The predicted molar refractivity (Wildman–Crippen MR) is 63.2 cm³/mol. The normalized spacial score (nSPS) is 20.5. The molecule has 1 saturated heterocycles. The molecule has 0 aromatic carbocycles. The van der Waals surface area contributed by atoms with Crippen molar-refractivity contribution in [2.45, 2.75) is 25.8 Å². The van der Waals surface area contributed by atoms with Crippen LogP contribution in [0, 0.1) is 0 Å². The molecule has 0 aliphatic carbocycles. The molecular formula is C12H19N3. The van der Waals surface area contributed by atoms with E-state index in [4.69, 9.17) is 0 Å². The summed E-state index contributed by atoms with van der Waals surface area (Å²) < 4.78 is 0. The largest absolute Gasteiger partial charge is 0.360 e. The zero-order chi connectivity index (χ0) is 10.7. The fourth-order valence-electron chi connectivity index (χ4n) is 2.10. The molecule has 15 heavy (non-hydrogen) atoms. The van der Waals surface area contributed by atoms with Crippen LogP contribution in [0.4, 0.5) is 5.82 Å². The van der Waals surface area contributed by atoms with Gasteiger partial charge in [-0.05, 0) is 32.4 Å². The molecule has 82 valence electrons. The van der Waals surface area contributed by atoms with Gasteiger partial charge in [0.1, 0.15) is 5.82 Å². The maximum Gasteiger partial charge on any atom is 0.133 e. The lowest BCUT2D eigenvalue weighted by atomic mass is 10.1. The number of pyridine rings is 1. The van der Waals surface area contributed by atoms with Crippen molar-refractivity contribution in [1.82, 2.24) is 10.3 Å². The van der Waals surface area contributed by atoms with E-state index in [1.165, 1.54) is 18.4 Å². The van der Waals surface area contributed by atoms with Gasteiger partial charge in [0, 0.05) is 31.4 Å². The Morgan fingerprint density at radius 3 is 3.13 bits per heavy atom. The second kappa shape index (κ2) is 4.62. The minimum atomic E-state index is 0.502. The van der Waals surface area contributed by atoms with Crippen LogP contribution in [0.3, 0.4) is 0 Å². The Morgan fingerprint density at radius 2 is 2.47 bits per heavy atom. The van der Waals surface area contributed by atoms with E-state index < -0.39 is 0 Å². The number of anilines is 1. The number of nitrogens with zero attached hydrogens (tertiary/aromatic N) is 2. The molecule has 1 aromatic rings. The molecule has 1 N–H and O–H groups in total. The zero-order valence-electron chi connectivity index (χ0n) is 9.53. The van der Waals surface area contributed by atoms with Gasteiger partial charge in [0.25, 0.3) is 0 Å². The Morgan fingerprint density at radius 1 is 1.60 bits per heavy atom. The van der Waals surface area contributed by atoms with Crippen LogP contribution < -0.4 is 10.2 Å². The summed E-state index contributed by atoms with van der Waals surface area (Å²) in [6.07, 6.45) is 4.38. The summed E-state index contributed by atoms with van der Waals surface area (Å²) in [4.78, 5) is 6.68. The molecule has 1 aromatic heterocycles. The number of aromatic nitrogens is 1. The van der Waals surface area contributed by atoms with Crippen LogP contribution in [0.2, 0.25) is 0 Å². The van der Waals surface area contributed by atoms with Crippen LogP contribution in [-0.4, -0.2) is 25.1 Å². The van der Waals surface area contributed by atoms with Crippen molar-refractivity contribution < 1.29 is 0 Å². The molecule has 0 spiro atoms. The fraction of sp³-hybridized carbons (Fsp3) is 0.583. The van der Waals surface area contributed by atoms with Crippen molar-refractivity contribution in [3.05, 3.63) is 23.9 Å². The highest BCUT2D eigenvalue weighted by Gasteiger charge is 2.20. The molecule has 0 radical (unpaired) electrons. The van der Waals surface area contributed by atoms with E-state index in [2.05, 4.69) is 35.2 Å². The molecule has 3 heteroatoms. The van der Waals surface area contributed by atoms with Crippen LogP contribution in [-0.2, 0) is 0 Å². The van der Waals surface area contributed by atoms with Crippen LogP contribution in [0.5, 0.6) is 0 Å². The summed E-state index contributed by atoms with van der Waals surface area (Å²) in [5, 5.41) is 3.53. The Bertz CT molecular complexity index is 318. The number of rotatable bonds is 3. The average molecular weight is 205 g/mol. The van der Waals surface area contributed by atoms with Gasteiger partial charge in [-0.1, -0.05) is 6.07 Å². The van der Waals surface area contributed by atoms with Crippen LogP contribution >= 0.6 is 0 Å². The van der Waals surface area contributed by atoms with Crippen molar-refractivity contribution in [3.8, 4) is 0 Å². The first kappa shape index (κ1) is 10.4. The lowest BCUT2D eigenvalue weighted by Crippen LogP contribution is -2.22. The average Bonchev–Trinajstić information content (AvgIpc) is 2.81. The molecular weight excluding hydrogens is 186 g/mol. The molecule has 0 saturated carbocycles. The summed E-state index contributed by atoms with van der Waals surface area (Å²) in [5.41, 5.74) is 1.35. The van der Waals surface area contributed by atoms with Gasteiger partial charge in [0.15, 0.2) is 0 Å². The highest BCUT2D eigenvalue weighted by atomic mass is 15.2. The Kier molecular flexibility index (Phi) is 3.21. The topological polar surface area (TPSA) is 28.2 Å². The molecule has 2 rings (SSSR count). The summed E-state index contributed by atoms with van der Waals surface area (Å²) in [5.74, 6) is 1.12. The molecule has 3 nitrogen and oxygen atoms in total. The first-order valence-corrected chi connectivity index (χ1v) is 5.72. The fourth-order valence-corrected chi connectivity index (χ4v) is 2.10. The molecule has 1 aliphatic rings. The number of hydrogen-bond acceptors (Lipinski definition) is 3. The summed E-state index contributed by atoms with van der Waals surface area (Å²) in [7, 11) is 2.10. The minimum Gasteiger partial charge on any atom is -0.360 e. The van der Waals surface area contributed by atoms with E-state index in [0.717, 1.165) is 18.9 Å². The standard InChI is InChI=1S/C12H19N3/c1-3-15(2)12-10(6-4-9-14-12)11-7-5-8-13-11/h4,6,9,11,13H,3,5,7-8H2,1-2H3/t11-/m0/s1. The van der Waals surface area contributed by atoms with E-state index in [0.29, 0.717) is 6.04 Å². The minimum absolute atomic E-state index is 0.502.